The van der Waals surface area contributed by atoms with Gasteiger partial charge in [-0.25, -0.2) is 4.98 Å². The number of hydrogen-bond acceptors (Lipinski definition) is 5. The molecular weight excluding hydrogens is 284 g/mol. The van der Waals surface area contributed by atoms with Crippen molar-refractivity contribution in [1.29, 1.82) is 0 Å². The van der Waals surface area contributed by atoms with Gasteiger partial charge in [-0.1, -0.05) is 12.1 Å². The number of hydrogen-bond donors (Lipinski definition) is 2. The van der Waals surface area contributed by atoms with Crippen LogP contribution in [-0.2, 0) is 0 Å². The lowest BCUT2D eigenvalue weighted by Gasteiger charge is -2.30. The van der Waals surface area contributed by atoms with Gasteiger partial charge in [0.25, 0.3) is 5.91 Å². The highest BCUT2D eigenvalue weighted by Gasteiger charge is 2.17. The normalized spacial score (nSPS) is 15.0. The van der Waals surface area contributed by atoms with E-state index in [1.807, 2.05) is 18.2 Å². The van der Waals surface area contributed by atoms with Gasteiger partial charge in [0.2, 0.25) is 0 Å². The quantitative estimate of drug-likeness (QED) is 0.914. The minimum atomic E-state index is -0.215. The number of amides is 1. The number of nitrogens with zero attached hydrogens (tertiary/aromatic N) is 2. The van der Waals surface area contributed by atoms with E-state index < -0.39 is 0 Å². The summed E-state index contributed by atoms with van der Waals surface area (Å²) in [6.45, 7) is 2.08. The van der Waals surface area contributed by atoms with Gasteiger partial charge in [0.05, 0.1) is 11.4 Å². The Labute approximate surface area is 127 Å². The number of carbonyl (C=O) groups excluding carboxylic acids is 1. The van der Waals surface area contributed by atoms with Crippen molar-refractivity contribution >= 4 is 33.8 Å². The second kappa shape index (κ2) is 6.13. The molecule has 3 N–H and O–H groups in total. The van der Waals surface area contributed by atoms with E-state index in [4.69, 9.17) is 5.73 Å². The van der Waals surface area contributed by atoms with Crippen LogP contribution in [0.25, 0.3) is 0 Å². The zero-order valence-corrected chi connectivity index (χ0v) is 12.5. The fourth-order valence-corrected chi connectivity index (χ4v) is 3.11. The molecule has 21 heavy (non-hydrogen) atoms. The highest BCUT2D eigenvalue weighted by Crippen LogP contribution is 2.28. The van der Waals surface area contributed by atoms with Crippen LogP contribution >= 0.6 is 11.3 Å². The van der Waals surface area contributed by atoms with Crippen LogP contribution in [0.1, 0.15) is 29.8 Å². The SMILES string of the molecule is Nc1nc(C(=O)Nc2ccccc2N2CCCCC2)cs1. The summed E-state index contributed by atoms with van der Waals surface area (Å²) in [5.74, 6) is -0.215. The number of benzene rings is 1. The smallest absolute Gasteiger partial charge is 0.275 e. The fourth-order valence-electron chi connectivity index (χ4n) is 2.57. The maximum absolute atomic E-state index is 12.2. The van der Waals surface area contributed by atoms with E-state index in [1.54, 1.807) is 5.38 Å². The van der Waals surface area contributed by atoms with Crippen molar-refractivity contribution in [3.8, 4) is 0 Å². The molecule has 1 aliphatic rings. The van der Waals surface area contributed by atoms with Crippen LogP contribution < -0.4 is 16.0 Å². The molecule has 0 radical (unpaired) electrons. The van der Waals surface area contributed by atoms with E-state index >= 15 is 0 Å². The topological polar surface area (TPSA) is 71.2 Å². The van der Waals surface area contributed by atoms with Crippen LogP contribution in [0.4, 0.5) is 16.5 Å². The number of anilines is 3. The Morgan fingerprint density at radius 3 is 2.71 bits per heavy atom. The average Bonchev–Trinajstić information content (AvgIpc) is 2.95. The second-order valence-electron chi connectivity index (χ2n) is 5.09. The van der Waals surface area contributed by atoms with Crippen LogP contribution in [0.15, 0.2) is 29.6 Å². The lowest BCUT2D eigenvalue weighted by Crippen LogP contribution is -2.30. The molecule has 1 aromatic carbocycles. The largest absolute Gasteiger partial charge is 0.375 e. The number of nitrogens with two attached hydrogens (primary N) is 1. The molecule has 0 bridgehead atoms. The van der Waals surface area contributed by atoms with Crippen LogP contribution in [-0.4, -0.2) is 24.0 Å². The maximum atomic E-state index is 12.2. The Hall–Kier alpha value is -2.08. The number of carbonyl (C=O) groups is 1. The molecule has 2 heterocycles. The first-order chi connectivity index (χ1) is 10.2. The van der Waals surface area contributed by atoms with Gasteiger partial charge >= 0.3 is 0 Å². The van der Waals surface area contributed by atoms with E-state index in [1.165, 1.54) is 30.6 Å². The molecule has 5 nitrogen and oxygen atoms in total. The average molecular weight is 302 g/mol. The van der Waals surface area contributed by atoms with E-state index in [9.17, 15) is 4.79 Å². The van der Waals surface area contributed by atoms with Crippen molar-refractivity contribution in [3.63, 3.8) is 0 Å². The van der Waals surface area contributed by atoms with Crippen molar-refractivity contribution in [2.24, 2.45) is 0 Å². The number of thiazole rings is 1. The predicted molar refractivity (Wildman–Crippen MR) is 87.0 cm³/mol. The summed E-state index contributed by atoms with van der Waals surface area (Å²) in [4.78, 5) is 18.6. The number of piperidine rings is 1. The lowest BCUT2D eigenvalue weighted by atomic mass is 10.1. The Morgan fingerprint density at radius 1 is 1.24 bits per heavy atom. The molecule has 3 rings (SSSR count). The molecule has 0 spiro atoms. The molecule has 1 aliphatic heterocycles. The molecule has 110 valence electrons. The number of nitrogen functional groups attached to an aromatic ring is 1. The second-order valence-corrected chi connectivity index (χ2v) is 5.98. The standard InChI is InChI=1S/C15H18N4OS/c16-15-18-12(10-21-15)14(20)17-11-6-2-3-7-13(11)19-8-4-1-5-9-19/h2-3,6-7,10H,1,4-5,8-9H2,(H2,16,18)(H,17,20). The molecule has 1 saturated heterocycles. The zero-order chi connectivity index (χ0) is 14.7. The highest BCUT2D eigenvalue weighted by molar-refractivity contribution is 7.13. The Bertz CT molecular complexity index is 634. The number of nitrogens with one attached hydrogen (secondary N) is 1. The summed E-state index contributed by atoms with van der Waals surface area (Å²) in [6, 6.07) is 7.91. The number of aromatic nitrogens is 1. The summed E-state index contributed by atoms with van der Waals surface area (Å²) in [6.07, 6.45) is 3.68. The number of rotatable bonds is 3. The molecule has 6 heteroatoms. The van der Waals surface area contributed by atoms with Crippen LogP contribution in [0.2, 0.25) is 0 Å². The van der Waals surface area contributed by atoms with Gasteiger partial charge in [0.1, 0.15) is 5.69 Å². The third-order valence-corrected chi connectivity index (χ3v) is 4.28. The number of para-hydroxylation sites is 2. The lowest BCUT2D eigenvalue weighted by molar-refractivity contribution is 0.102. The van der Waals surface area contributed by atoms with Crippen LogP contribution in [0.5, 0.6) is 0 Å². The van der Waals surface area contributed by atoms with Crippen LogP contribution in [0, 0.1) is 0 Å². The van der Waals surface area contributed by atoms with Crippen LogP contribution in [0.3, 0.4) is 0 Å². The Morgan fingerprint density at radius 2 is 2.00 bits per heavy atom. The summed E-state index contributed by atoms with van der Waals surface area (Å²) >= 11 is 1.27. The highest BCUT2D eigenvalue weighted by atomic mass is 32.1. The fraction of sp³-hybridized carbons (Fsp3) is 0.333. The molecule has 2 aromatic rings. The molecule has 1 fully saturated rings. The molecule has 0 atom stereocenters. The van der Waals surface area contributed by atoms with Crippen molar-refractivity contribution in [3.05, 3.63) is 35.3 Å². The van der Waals surface area contributed by atoms with Crippen molar-refractivity contribution in [2.75, 3.05) is 29.0 Å². The first-order valence-electron chi connectivity index (χ1n) is 7.10. The Balaban J connectivity index is 1.80. The Kier molecular flexibility index (Phi) is 4.06. The van der Waals surface area contributed by atoms with Gasteiger partial charge in [-0.3, -0.25) is 4.79 Å². The summed E-state index contributed by atoms with van der Waals surface area (Å²) < 4.78 is 0. The minimum absolute atomic E-state index is 0.215. The third-order valence-electron chi connectivity index (χ3n) is 3.60. The van der Waals surface area contributed by atoms with E-state index in [0.29, 0.717) is 10.8 Å². The van der Waals surface area contributed by atoms with Gasteiger partial charge in [-0.15, -0.1) is 11.3 Å². The van der Waals surface area contributed by atoms with Gasteiger partial charge in [-0.05, 0) is 31.4 Å². The molecular formula is C15H18N4OS. The van der Waals surface area contributed by atoms with Gasteiger partial charge in [0.15, 0.2) is 5.13 Å². The van der Waals surface area contributed by atoms with E-state index in [0.717, 1.165) is 24.5 Å². The molecule has 1 amide bonds. The molecule has 1 aromatic heterocycles. The first-order valence-corrected chi connectivity index (χ1v) is 7.98. The molecule has 0 saturated carbocycles. The maximum Gasteiger partial charge on any atom is 0.275 e. The molecule has 0 unspecified atom stereocenters. The summed E-state index contributed by atoms with van der Waals surface area (Å²) in [5, 5.41) is 5.03. The van der Waals surface area contributed by atoms with E-state index in [2.05, 4.69) is 21.3 Å². The summed E-state index contributed by atoms with van der Waals surface area (Å²) in [7, 11) is 0. The zero-order valence-electron chi connectivity index (χ0n) is 11.7. The van der Waals surface area contributed by atoms with Crippen molar-refractivity contribution in [2.45, 2.75) is 19.3 Å². The van der Waals surface area contributed by atoms with Gasteiger partial charge in [-0.2, -0.15) is 0 Å². The van der Waals surface area contributed by atoms with E-state index in [-0.39, 0.29) is 5.91 Å². The molecule has 0 aliphatic carbocycles. The third kappa shape index (κ3) is 3.16. The minimum Gasteiger partial charge on any atom is -0.375 e. The van der Waals surface area contributed by atoms with Gasteiger partial charge in [0, 0.05) is 18.5 Å². The van der Waals surface area contributed by atoms with Crippen molar-refractivity contribution < 1.29 is 4.79 Å². The monoisotopic (exact) mass is 302 g/mol. The summed E-state index contributed by atoms with van der Waals surface area (Å²) in [5.41, 5.74) is 7.85. The first kappa shape index (κ1) is 13.9. The van der Waals surface area contributed by atoms with Crippen molar-refractivity contribution in [1.82, 2.24) is 4.98 Å². The predicted octanol–water partition coefficient (Wildman–Crippen LogP) is 2.97. The van der Waals surface area contributed by atoms with Gasteiger partial charge < -0.3 is 16.0 Å².